The van der Waals surface area contributed by atoms with Crippen molar-refractivity contribution in [1.82, 2.24) is 0 Å². The van der Waals surface area contributed by atoms with E-state index in [0.29, 0.717) is 0 Å². The van der Waals surface area contributed by atoms with Crippen molar-refractivity contribution in [3.05, 3.63) is 71.9 Å². The monoisotopic (exact) mass is 409 g/mol. The fraction of sp³-hybridized carbons (Fsp3) is 0.111. The average Bonchev–Trinajstić information content (AvgIpc) is 2.56. The van der Waals surface area contributed by atoms with Crippen molar-refractivity contribution in [1.29, 1.82) is 0 Å². The van der Waals surface area contributed by atoms with Crippen molar-refractivity contribution in [3.63, 3.8) is 0 Å². The average molecular weight is 410 g/mol. The summed E-state index contributed by atoms with van der Waals surface area (Å²) in [4.78, 5) is 21.1. The van der Waals surface area contributed by atoms with Gasteiger partial charge in [0.05, 0.1) is 17.2 Å². The van der Waals surface area contributed by atoms with Gasteiger partial charge in [-0.25, -0.2) is 0 Å². The predicted octanol–water partition coefficient (Wildman–Crippen LogP) is 1.25. The molecule has 2 rings (SSSR count). The summed E-state index contributed by atoms with van der Waals surface area (Å²) >= 11 is 15.8. The van der Waals surface area contributed by atoms with Gasteiger partial charge in [-0.2, -0.15) is 0 Å². The fourth-order valence-corrected chi connectivity index (χ4v) is 2.16. The van der Waals surface area contributed by atoms with E-state index >= 15 is 0 Å². The van der Waals surface area contributed by atoms with Gasteiger partial charge in [0.1, 0.15) is 0 Å². The number of benzene rings is 2. The van der Waals surface area contributed by atoms with Gasteiger partial charge in [-0.1, -0.05) is 34.8 Å². The summed E-state index contributed by atoms with van der Waals surface area (Å²) in [7, 11) is 2.17. The number of nitrogens with two attached hydrogens (primary N) is 1. The van der Waals surface area contributed by atoms with Gasteiger partial charge in [-0.05, 0) is 6.92 Å². The van der Waals surface area contributed by atoms with Crippen molar-refractivity contribution in [2.45, 2.75) is 10.7 Å². The van der Waals surface area contributed by atoms with E-state index in [1.165, 1.54) is 10.9 Å². The van der Waals surface area contributed by atoms with Crippen LogP contribution in [-0.4, -0.2) is 22.8 Å². The Morgan fingerprint density at radius 1 is 0.923 bits per heavy atom. The predicted molar refractivity (Wildman–Crippen MR) is 105 cm³/mol. The first-order valence-electron chi connectivity index (χ1n) is 7.37. The zero-order valence-electron chi connectivity index (χ0n) is 13.8. The molecule has 2 aromatic rings. The van der Waals surface area contributed by atoms with E-state index in [-0.39, 0.29) is 0 Å². The van der Waals surface area contributed by atoms with E-state index in [1.807, 2.05) is 12.1 Å². The molecule has 26 heavy (non-hydrogen) atoms. The maximum atomic E-state index is 10.7. The quantitative estimate of drug-likeness (QED) is 0.270. The molecule has 0 aliphatic rings. The van der Waals surface area contributed by atoms with Gasteiger partial charge in [0, 0.05) is 0 Å². The molecular formula is C18H15BCl3NO3. The second-order valence-electron chi connectivity index (χ2n) is 5.10. The summed E-state index contributed by atoms with van der Waals surface area (Å²) in [6, 6.07) is 20.7. The summed E-state index contributed by atoms with van der Waals surface area (Å²) in [6.07, 6.45) is 0. The summed E-state index contributed by atoms with van der Waals surface area (Å²) in [5.74, 6) is -2.60. The number of Topliss-reactive ketones (excluding diaryl/α,β-unsaturated/α-hetero) is 1. The molecule has 0 aliphatic carbocycles. The number of carboxylic acids is 1. The summed E-state index contributed by atoms with van der Waals surface area (Å²) < 4.78 is -2.12. The Morgan fingerprint density at radius 3 is 1.54 bits per heavy atom. The van der Waals surface area contributed by atoms with Crippen LogP contribution in [0.1, 0.15) is 6.92 Å². The molecule has 0 saturated heterocycles. The van der Waals surface area contributed by atoms with Gasteiger partial charge in [0.25, 0.3) is 0 Å². The molecule has 0 aromatic heterocycles. The molecule has 0 radical (unpaired) electrons. The summed E-state index contributed by atoms with van der Waals surface area (Å²) in [5.41, 5.74) is 6.16. The SMILES string of the molecule is CC(=O)/C(C(=O)[O-])=C(\N)C(Cl)(Cl)Cl.[B+](c1ccccc1)c1ccccc1. The number of allylic oxidation sites excluding steroid dienone is 1. The van der Waals surface area contributed by atoms with E-state index in [0.717, 1.165) is 6.92 Å². The molecular weight excluding hydrogens is 395 g/mol. The first kappa shape index (κ1) is 22.1. The molecule has 0 atom stereocenters. The minimum atomic E-state index is -2.12. The van der Waals surface area contributed by atoms with Gasteiger partial charge in [-0.3, -0.25) is 4.79 Å². The molecule has 2 N–H and O–H groups in total. The van der Waals surface area contributed by atoms with Crippen LogP contribution in [0.3, 0.4) is 0 Å². The normalized spacial score (nSPS) is 11.4. The number of alkyl halides is 3. The van der Waals surface area contributed by atoms with Crippen molar-refractivity contribution in [3.8, 4) is 0 Å². The molecule has 0 fully saturated rings. The third-order valence-corrected chi connectivity index (χ3v) is 3.67. The van der Waals surface area contributed by atoms with Crippen LogP contribution < -0.4 is 21.8 Å². The van der Waals surface area contributed by atoms with Crippen LogP contribution in [0.2, 0.25) is 0 Å². The van der Waals surface area contributed by atoms with Crippen LogP contribution in [-0.2, 0) is 9.59 Å². The second-order valence-corrected chi connectivity index (χ2v) is 7.38. The Balaban J connectivity index is 0.000000260. The number of hydrogen-bond acceptors (Lipinski definition) is 4. The van der Waals surface area contributed by atoms with E-state index in [9.17, 15) is 14.7 Å². The number of carboxylic acid groups (broad SMARTS) is 1. The van der Waals surface area contributed by atoms with E-state index < -0.39 is 26.8 Å². The molecule has 0 amide bonds. The number of hydrogen-bond donors (Lipinski definition) is 1. The Hall–Kier alpha value is -1.95. The molecule has 0 saturated carbocycles. The van der Waals surface area contributed by atoms with Gasteiger partial charge >= 0.3 is 78.9 Å². The molecule has 134 valence electrons. The van der Waals surface area contributed by atoms with Gasteiger partial charge < -0.3 is 15.6 Å². The number of aliphatic carboxylic acids is 1. The summed E-state index contributed by atoms with van der Waals surface area (Å²) in [6.45, 7) is 0.981. The van der Waals surface area contributed by atoms with Crippen LogP contribution in [0.5, 0.6) is 0 Å². The van der Waals surface area contributed by atoms with E-state index in [1.54, 1.807) is 0 Å². The molecule has 2 aromatic carbocycles. The third kappa shape index (κ3) is 7.52. The molecule has 8 heteroatoms. The minimum absolute atomic E-state index is 0.648. The summed E-state index contributed by atoms with van der Waals surface area (Å²) in [5, 5.41) is 10.4. The van der Waals surface area contributed by atoms with Gasteiger partial charge in [0.2, 0.25) is 3.79 Å². The van der Waals surface area contributed by atoms with Crippen LogP contribution in [0.25, 0.3) is 0 Å². The molecule has 0 unspecified atom stereocenters. The van der Waals surface area contributed by atoms with Crippen molar-refractivity contribution >= 4 is 64.8 Å². The molecule has 0 heterocycles. The Morgan fingerprint density at radius 2 is 1.31 bits per heavy atom. The van der Waals surface area contributed by atoms with Crippen LogP contribution in [0, 0.1) is 0 Å². The number of carbonyl (C=O) groups is 2. The topological polar surface area (TPSA) is 83.2 Å². The van der Waals surface area contributed by atoms with Crippen molar-refractivity contribution in [2.24, 2.45) is 5.73 Å². The zero-order chi connectivity index (χ0) is 19.7. The molecule has 0 aliphatic heterocycles. The number of ketones is 1. The second kappa shape index (κ2) is 10.3. The number of halogens is 3. The first-order valence-corrected chi connectivity index (χ1v) is 8.50. The van der Waals surface area contributed by atoms with Crippen molar-refractivity contribution < 1.29 is 14.7 Å². The number of carbonyl (C=O) groups excluding carboxylic acids is 2. The fourth-order valence-electron chi connectivity index (χ4n) is 1.88. The van der Waals surface area contributed by atoms with Gasteiger partial charge in [-0.15, -0.1) is 0 Å². The van der Waals surface area contributed by atoms with E-state index in [2.05, 4.69) is 55.8 Å². The Bertz CT molecular complexity index is 722. The standard InChI is InChI=1S/C12H10B.C6H6Cl3NO3/c1-3-7-11(8-4-1)13-12-9-5-2-6-10-12;1-2(11)3(5(12)13)4(10)6(7,8)9/h1-10H;10H2,1H3,(H,12,13)/q+1;/p-1/b;4-3+. The molecule has 0 spiro atoms. The Labute approximate surface area is 167 Å². The zero-order valence-corrected chi connectivity index (χ0v) is 16.1. The number of rotatable bonds is 4. The third-order valence-electron chi connectivity index (χ3n) is 3.06. The van der Waals surface area contributed by atoms with Crippen molar-refractivity contribution in [2.75, 3.05) is 0 Å². The first-order chi connectivity index (χ1) is 12.1. The van der Waals surface area contributed by atoms with E-state index in [4.69, 9.17) is 40.5 Å². The van der Waals surface area contributed by atoms with Crippen LogP contribution in [0.4, 0.5) is 0 Å². The Kier molecular flexibility index (Phi) is 8.72. The van der Waals surface area contributed by atoms with Crippen LogP contribution >= 0.6 is 34.8 Å². The van der Waals surface area contributed by atoms with Crippen LogP contribution in [0.15, 0.2) is 71.9 Å². The molecule has 4 nitrogen and oxygen atoms in total. The maximum absolute atomic E-state index is 10.7. The van der Waals surface area contributed by atoms with Gasteiger partial charge in [0.15, 0.2) is 5.78 Å². The molecule has 0 bridgehead atoms.